The number of hydrogen-bond acceptors (Lipinski definition) is 3. The molecule has 1 aromatic carbocycles. The van der Waals surface area contributed by atoms with E-state index in [1.54, 1.807) is 24.3 Å². The molecule has 2 rings (SSSR count). The predicted octanol–water partition coefficient (Wildman–Crippen LogP) is 1.11. The molecule has 2 amide bonds. The van der Waals surface area contributed by atoms with Gasteiger partial charge >= 0.3 is 11.8 Å². The molecule has 0 bridgehead atoms. The van der Waals surface area contributed by atoms with E-state index in [0.29, 0.717) is 11.3 Å². The molecule has 0 atom stereocenters. The van der Waals surface area contributed by atoms with Crippen LogP contribution in [0, 0.1) is 0 Å². The number of hydrogen-bond donors (Lipinski definition) is 2. The van der Waals surface area contributed by atoms with Gasteiger partial charge in [0.1, 0.15) is 0 Å². The van der Waals surface area contributed by atoms with Gasteiger partial charge in [0.05, 0.1) is 0 Å². The first kappa shape index (κ1) is 12.3. The standard InChI is InChI=1S/C13H14N2O3/c1-8(16)9-3-2-4-11(7-9)15-13(18)12(17)14-10-5-6-10/h2-4,7,10H,5-6H2,1H3,(H,14,17)(H,15,18). The first-order valence-corrected chi connectivity index (χ1v) is 5.79. The van der Waals surface area contributed by atoms with E-state index in [9.17, 15) is 14.4 Å². The molecule has 0 radical (unpaired) electrons. The third-order valence-electron chi connectivity index (χ3n) is 2.65. The van der Waals surface area contributed by atoms with E-state index in [1.165, 1.54) is 6.92 Å². The number of Topliss-reactive ketones (excluding diaryl/α,β-unsaturated/α-hetero) is 1. The fourth-order valence-electron chi connectivity index (χ4n) is 1.48. The van der Waals surface area contributed by atoms with Gasteiger partial charge in [0, 0.05) is 17.3 Å². The van der Waals surface area contributed by atoms with Crippen molar-refractivity contribution < 1.29 is 14.4 Å². The van der Waals surface area contributed by atoms with Crippen LogP contribution in [-0.2, 0) is 9.59 Å². The van der Waals surface area contributed by atoms with Crippen LogP contribution in [0.15, 0.2) is 24.3 Å². The largest absolute Gasteiger partial charge is 0.345 e. The lowest BCUT2D eigenvalue weighted by Crippen LogP contribution is -2.36. The Morgan fingerprint density at radius 3 is 2.50 bits per heavy atom. The van der Waals surface area contributed by atoms with Gasteiger partial charge in [-0.2, -0.15) is 0 Å². The molecule has 0 saturated heterocycles. The molecule has 5 nitrogen and oxygen atoms in total. The predicted molar refractivity (Wildman–Crippen MR) is 66.2 cm³/mol. The first-order valence-electron chi connectivity index (χ1n) is 5.79. The molecule has 1 aliphatic carbocycles. The Morgan fingerprint density at radius 2 is 1.89 bits per heavy atom. The molecule has 1 aliphatic rings. The number of carbonyl (C=O) groups excluding carboxylic acids is 3. The summed E-state index contributed by atoms with van der Waals surface area (Å²) >= 11 is 0. The third-order valence-corrected chi connectivity index (χ3v) is 2.65. The number of amides is 2. The molecular formula is C13H14N2O3. The number of anilines is 1. The highest BCUT2D eigenvalue weighted by Crippen LogP contribution is 2.18. The molecular weight excluding hydrogens is 232 g/mol. The fraction of sp³-hybridized carbons (Fsp3) is 0.308. The molecule has 0 unspecified atom stereocenters. The average Bonchev–Trinajstić information content (AvgIpc) is 3.13. The van der Waals surface area contributed by atoms with Crippen LogP contribution in [-0.4, -0.2) is 23.6 Å². The van der Waals surface area contributed by atoms with Crippen molar-refractivity contribution in [3.05, 3.63) is 29.8 Å². The van der Waals surface area contributed by atoms with Crippen LogP contribution in [0.4, 0.5) is 5.69 Å². The van der Waals surface area contributed by atoms with Gasteiger partial charge in [-0.25, -0.2) is 0 Å². The molecule has 1 fully saturated rings. The Kier molecular flexibility index (Phi) is 3.41. The Morgan fingerprint density at radius 1 is 1.17 bits per heavy atom. The van der Waals surface area contributed by atoms with E-state index < -0.39 is 11.8 Å². The topological polar surface area (TPSA) is 75.3 Å². The molecule has 0 aliphatic heterocycles. The maximum Gasteiger partial charge on any atom is 0.313 e. The van der Waals surface area contributed by atoms with Crippen molar-refractivity contribution in [2.24, 2.45) is 0 Å². The summed E-state index contributed by atoms with van der Waals surface area (Å²) in [6, 6.07) is 6.64. The van der Waals surface area contributed by atoms with E-state index >= 15 is 0 Å². The fourth-order valence-corrected chi connectivity index (χ4v) is 1.48. The van der Waals surface area contributed by atoms with E-state index in [4.69, 9.17) is 0 Å². The molecule has 1 saturated carbocycles. The minimum absolute atomic E-state index is 0.0893. The summed E-state index contributed by atoms with van der Waals surface area (Å²) in [5.41, 5.74) is 0.939. The Hall–Kier alpha value is -2.17. The van der Waals surface area contributed by atoms with Crippen LogP contribution in [0.1, 0.15) is 30.1 Å². The maximum absolute atomic E-state index is 11.5. The molecule has 5 heteroatoms. The van der Waals surface area contributed by atoms with Gasteiger partial charge in [0.2, 0.25) is 0 Å². The van der Waals surface area contributed by atoms with Crippen molar-refractivity contribution in [2.45, 2.75) is 25.8 Å². The van der Waals surface area contributed by atoms with Gasteiger partial charge in [-0.05, 0) is 31.9 Å². The van der Waals surface area contributed by atoms with Gasteiger partial charge in [0.25, 0.3) is 0 Å². The second-order valence-corrected chi connectivity index (χ2v) is 4.34. The second-order valence-electron chi connectivity index (χ2n) is 4.34. The summed E-state index contributed by atoms with van der Waals surface area (Å²) in [6.45, 7) is 1.45. The molecule has 18 heavy (non-hydrogen) atoms. The van der Waals surface area contributed by atoms with Gasteiger partial charge < -0.3 is 10.6 Å². The number of carbonyl (C=O) groups is 3. The van der Waals surface area contributed by atoms with Gasteiger partial charge in [0.15, 0.2) is 5.78 Å². The van der Waals surface area contributed by atoms with Crippen molar-refractivity contribution in [3.8, 4) is 0 Å². The minimum atomic E-state index is -0.706. The number of rotatable bonds is 3. The van der Waals surface area contributed by atoms with E-state index in [2.05, 4.69) is 10.6 Å². The number of nitrogens with one attached hydrogen (secondary N) is 2. The summed E-state index contributed by atoms with van der Waals surface area (Å²) in [4.78, 5) is 34.2. The van der Waals surface area contributed by atoms with Crippen LogP contribution >= 0.6 is 0 Å². The van der Waals surface area contributed by atoms with Gasteiger partial charge in [-0.3, -0.25) is 14.4 Å². The SMILES string of the molecule is CC(=O)c1cccc(NC(=O)C(=O)NC2CC2)c1. The molecule has 0 aromatic heterocycles. The Balaban J connectivity index is 1.99. The van der Waals surface area contributed by atoms with Crippen molar-refractivity contribution in [1.82, 2.24) is 5.32 Å². The zero-order valence-corrected chi connectivity index (χ0v) is 10.0. The summed E-state index contributed by atoms with van der Waals surface area (Å²) in [5, 5.41) is 5.06. The lowest BCUT2D eigenvalue weighted by atomic mass is 10.1. The highest BCUT2D eigenvalue weighted by molar-refractivity contribution is 6.39. The minimum Gasteiger partial charge on any atom is -0.345 e. The van der Waals surface area contributed by atoms with Crippen LogP contribution in [0.5, 0.6) is 0 Å². The van der Waals surface area contributed by atoms with Crippen molar-refractivity contribution in [2.75, 3.05) is 5.32 Å². The smallest absolute Gasteiger partial charge is 0.313 e. The quantitative estimate of drug-likeness (QED) is 0.619. The molecule has 2 N–H and O–H groups in total. The highest BCUT2D eigenvalue weighted by atomic mass is 16.2. The summed E-state index contributed by atoms with van der Waals surface area (Å²) in [6.07, 6.45) is 1.86. The maximum atomic E-state index is 11.5. The first-order chi connectivity index (χ1) is 8.56. The Bertz CT molecular complexity index is 507. The van der Waals surface area contributed by atoms with Crippen LogP contribution in [0.25, 0.3) is 0 Å². The van der Waals surface area contributed by atoms with E-state index in [-0.39, 0.29) is 11.8 Å². The van der Waals surface area contributed by atoms with Crippen molar-refractivity contribution >= 4 is 23.3 Å². The van der Waals surface area contributed by atoms with E-state index in [1.807, 2.05) is 0 Å². The third kappa shape index (κ3) is 3.16. The summed E-state index contributed by atoms with van der Waals surface area (Å²) in [7, 11) is 0. The normalized spacial score (nSPS) is 13.8. The second kappa shape index (κ2) is 5.00. The number of ketones is 1. The lowest BCUT2D eigenvalue weighted by molar-refractivity contribution is -0.136. The zero-order valence-electron chi connectivity index (χ0n) is 10.0. The van der Waals surface area contributed by atoms with Crippen molar-refractivity contribution in [3.63, 3.8) is 0 Å². The monoisotopic (exact) mass is 246 g/mol. The lowest BCUT2D eigenvalue weighted by Gasteiger charge is -2.06. The van der Waals surface area contributed by atoms with Crippen LogP contribution < -0.4 is 10.6 Å². The molecule has 0 spiro atoms. The average molecular weight is 246 g/mol. The zero-order chi connectivity index (χ0) is 13.1. The van der Waals surface area contributed by atoms with Crippen LogP contribution in [0.2, 0.25) is 0 Å². The summed E-state index contributed by atoms with van der Waals surface area (Å²) in [5.74, 6) is -1.43. The van der Waals surface area contributed by atoms with Gasteiger partial charge in [-0.1, -0.05) is 12.1 Å². The molecule has 94 valence electrons. The Labute approximate surface area is 105 Å². The highest BCUT2D eigenvalue weighted by Gasteiger charge is 2.26. The van der Waals surface area contributed by atoms with Gasteiger partial charge in [-0.15, -0.1) is 0 Å². The summed E-state index contributed by atoms with van der Waals surface area (Å²) < 4.78 is 0. The molecule has 0 heterocycles. The van der Waals surface area contributed by atoms with Crippen molar-refractivity contribution in [1.29, 1.82) is 0 Å². The number of benzene rings is 1. The van der Waals surface area contributed by atoms with Crippen LogP contribution in [0.3, 0.4) is 0 Å². The van der Waals surface area contributed by atoms with E-state index in [0.717, 1.165) is 12.8 Å². The molecule has 1 aromatic rings.